The SMILES string of the molecule is O=S(=O)(c1cccc(Cl)c1Cl)N1CCCC(CNc2cc(-c3ccccc3Cl)nc3c(Br)cnn23)C1. The third kappa shape index (κ3) is 4.97. The van der Waals surface area contributed by atoms with Crippen LogP contribution in [0.3, 0.4) is 0 Å². The predicted octanol–water partition coefficient (Wildman–Crippen LogP) is 6.63. The third-order valence-corrected chi connectivity index (χ3v) is 9.89. The Kier molecular flexibility index (Phi) is 7.49. The van der Waals surface area contributed by atoms with Crippen LogP contribution in [0.5, 0.6) is 0 Å². The number of sulfonamides is 1. The lowest BCUT2D eigenvalue weighted by Gasteiger charge is -2.32. The van der Waals surface area contributed by atoms with Gasteiger partial charge < -0.3 is 5.32 Å². The zero-order chi connectivity index (χ0) is 25.4. The summed E-state index contributed by atoms with van der Waals surface area (Å²) in [6, 6.07) is 14.1. The molecule has 1 N–H and O–H groups in total. The van der Waals surface area contributed by atoms with Crippen LogP contribution < -0.4 is 5.32 Å². The fourth-order valence-corrected chi connectivity index (χ4v) is 7.22. The van der Waals surface area contributed by atoms with E-state index in [1.54, 1.807) is 22.8 Å². The Morgan fingerprint density at radius 3 is 2.67 bits per heavy atom. The Labute approximate surface area is 232 Å². The Bertz CT molecular complexity index is 1550. The van der Waals surface area contributed by atoms with Crippen molar-refractivity contribution in [3.8, 4) is 11.3 Å². The number of hydrogen-bond donors (Lipinski definition) is 1. The van der Waals surface area contributed by atoms with E-state index in [2.05, 4.69) is 26.3 Å². The lowest BCUT2D eigenvalue weighted by molar-refractivity contribution is 0.275. The number of rotatable bonds is 6. The topological polar surface area (TPSA) is 79.6 Å². The zero-order valence-corrected chi connectivity index (χ0v) is 23.5. The van der Waals surface area contributed by atoms with Crippen LogP contribution in [0, 0.1) is 5.92 Å². The van der Waals surface area contributed by atoms with Crippen LogP contribution >= 0.6 is 50.7 Å². The van der Waals surface area contributed by atoms with Crippen molar-refractivity contribution in [2.24, 2.45) is 5.92 Å². The number of benzene rings is 2. The van der Waals surface area contributed by atoms with E-state index in [-0.39, 0.29) is 20.9 Å². The average Bonchev–Trinajstić information content (AvgIpc) is 3.25. The monoisotopic (exact) mass is 627 g/mol. The number of hydrogen-bond acceptors (Lipinski definition) is 5. The summed E-state index contributed by atoms with van der Waals surface area (Å²) in [6.07, 6.45) is 3.32. The number of halogens is 4. The van der Waals surface area contributed by atoms with Crippen LogP contribution in [-0.2, 0) is 10.0 Å². The molecule has 1 aliphatic rings. The highest BCUT2D eigenvalue weighted by Gasteiger charge is 2.32. The van der Waals surface area contributed by atoms with Gasteiger partial charge in [-0.15, -0.1) is 0 Å². The van der Waals surface area contributed by atoms with Crippen LogP contribution in [0.2, 0.25) is 15.1 Å². The second-order valence-corrected chi connectivity index (χ2v) is 12.5. The van der Waals surface area contributed by atoms with Crippen molar-refractivity contribution in [3.05, 3.63) is 74.3 Å². The molecule has 4 aromatic rings. The summed E-state index contributed by atoms with van der Waals surface area (Å²) in [5, 5.41) is 8.76. The highest BCUT2D eigenvalue weighted by Crippen LogP contribution is 2.33. The summed E-state index contributed by atoms with van der Waals surface area (Å²) in [7, 11) is -3.77. The van der Waals surface area contributed by atoms with Crippen molar-refractivity contribution >= 4 is 72.2 Å². The molecule has 1 aliphatic heterocycles. The summed E-state index contributed by atoms with van der Waals surface area (Å²) in [4.78, 5) is 4.77. The summed E-state index contributed by atoms with van der Waals surface area (Å²) in [5.41, 5.74) is 2.17. The van der Waals surface area contributed by atoms with Crippen LogP contribution in [0.25, 0.3) is 16.9 Å². The van der Waals surface area contributed by atoms with Crippen LogP contribution in [-0.4, -0.2) is 47.0 Å². The largest absolute Gasteiger partial charge is 0.370 e. The first-order valence-corrected chi connectivity index (χ1v) is 14.6. The molecule has 0 spiro atoms. The highest BCUT2D eigenvalue weighted by atomic mass is 79.9. The second kappa shape index (κ2) is 10.5. The maximum atomic E-state index is 13.3. The minimum absolute atomic E-state index is 0.0342. The molecule has 0 aliphatic carbocycles. The molecule has 2 aromatic carbocycles. The molecule has 1 atom stereocenters. The van der Waals surface area contributed by atoms with Gasteiger partial charge in [0.2, 0.25) is 10.0 Å². The van der Waals surface area contributed by atoms with Gasteiger partial charge in [0.25, 0.3) is 0 Å². The molecule has 188 valence electrons. The molecule has 0 amide bonds. The van der Waals surface area contributed by atoms with Gasteiger partial charge in [-0.25, -0.2) is 13.4 Å². The molecule has 12 heteroatoms. The maximum absolute atomic E-state index is 13.3. The van der Waals surface area contributed by atoms with Gasteiger partial charge in [0.15, 0.2) is 5.65 Å². The van der Waals surface area contributed by atoms with E-state index < -0.39 is 10.0 Å². The molecule has 36 heavy (non-hydrogen) atoms. The molecule has 0 radical (unpaired) electrons. The Balaban J connectivity index is 1.39. The van der Waals surface area contributed by atoms with E-state index in [4.69, 9.17) is 39.8 Å². The predicted molar refractivity (Wildman–Crippen MR) is 148 cm³/mol. The molecular formula is C24H21BrCl3N5O2S. The number of piperidine rings is 1. The molecule has 5 rings (SSSR count). The molecule has 1 unspecified atom stereocenters. The minimum atomic E-state index is -3.77. The zero-order valence-electron chi connectivity index (χ0n) is 18.8. The van der Waals surface area contributed by atoms with E-state index in [1.165, 1.54) is 10.4 Å². The Hall–Kier alpha value is -1.88. The summed E-state index contributed by atoms with van der Waals surface area (Å²) in [6.45, 7) is 1.35. The normalized spacial score (nSPS) is 16.9. The number of nitrogens with one attached hydrogen (secondary N) is 1. The number of aromatic nitrogens is 3. The first-order chi connectivity index (χ1) is 17.3. The second-order valence-electron chi connectivity index (χ2n) is 8.54. The molecule has 0 saturated carbocycles. The molecule has 1 fully saturated rings. The summed E-state index contributed by atoms with van der Waals surface area (Å²) >= 11 is 22.2. The molecular weight excluding hydrogens is 609 g/mol. The number of nitrogens with zero attached hydrogens (tertiary/aromatic N) is 4. The summed E-state index contributed by atoms with van der Waals surface area (Å²) < 4.78 is 30.6. The van der Waals surface area contributed by atoms with Crippen molar-refractivity contribution in [1.82, 2.24) is 18.9 Å². The van der Waals surface area contributed by atoms with E-state index in [0.717, 1.165) is 28.7 Å². The van der Waals surface area contributed by atoms with Gasteiger partial charge in [-0.1, -0.05) is 59.1 Å². The number of anilines is 1. The average molecular weight is 630 g/mol. The van der Waals surface area contributed by atoms with Crippen molar-refractivity contribution in [2.75, 3.05) is 25.0 Å². The van der Waals surface area contributed by atoms with E-state index in [9.17, 15) is 8.42 Å². The maximum Gasteiger partial charge on any atom is 0.244 e. The lowest BCUT2D eigenvalue weighted by Crippen LogP contribution is -2.42. The fourth-order valence-electron chi connectivity index (χ4n) is 4.35. The van der Waals surface area contributed by atoms with Crippen molar-refractivity contribution in [1.29, 1.82) is 0 Å². The van der Waals surface area contributed by atoms with Crippen molar-refractivity contribution in [3.63, 3.8) is 0 Å². The van der Waals surface area contributed by atoms with Gasteiger partial charge in [-0.05, 0) is 52.9 Å². The Morgan fingerprint density at radius 2 is 1.86 bits per heavy atom. The third-order valence-electron chi connectivity index (χ3n) is 6.17. The fraction of sp³-hybridized carbons (Fsp3) is 0.250. The van der Waals surface area contributed by atoms with Crippen molar-refractivity contribution in [2.45, 2.75) is 17.7 Å². The first-order valence-electron chi connectivity index (χ1n) is 11.2. The van der Waals surface area contributed by atoms with Crippen molar-refractivity contribution < 1.29 is 8.42 Å². The molecule has 1 saturated heterocycles. The van der Waals surface area contributed by atoms with Gasteiger partial charge in [0.05, 0.1) is 26.4 Å². The van der Waals surface area contributed by atoms with E-state index >= 15 is 0 Å². The standard InChI is InChI=1S/C24H21BrCl3N5O2S/c25-17-13-30-33-22(11-20(31-24(17)33)16-6-1-2-7-18(16)26)29-12-15-5-4-10-32(14-15)36(34,35)21-9-3-8-19(27)23(21)28/h1-3,6-9,11,13,15,29H,4-5,10,12,14H2. The number of fused-ring (bicyclic) bond motifs is 1. The van der Waals surface area contributed by atoms with E-state index in [0.29, 0.717) is 36.0 Å². The van der Waals surface area contributed by atoms with Crippen LogP contribution in [0.4, 0.5) is 5.82 Å². The van der Waals surface area contributed by atoms with Gasteiger partial charge in [-0.3, -0.25) is 0 Å². The van der Waals surface area contributed by atoms with Crippen LogP contribution in [0.15, 0.2) is 64.1 Å². The molecule has 2 aromatic heterocycles. The van der Waals surface area contributed by atoms with Gasteiger partial charge in [-0.2, -0.15) is 13.9 Å². The molecule has 0 bridgehead atoms. The van der Waals surface area contributed by atoms with Gasteiger partial charge in [0, 0.05) is 36.3 Å². The smallest absolute Gasteiger partial charge is 0.244 e. The molecule has 3 heterocycles. The summed E-state index contributed by atoms with van der Waals surface area (Å²) in [5.74, 6) is 0.816. The Morgan fingerprint density at radius 1 is 1.08 bits per heavy atom. The highest BCUT2D eigenvalue weighted by molar-refractivity contribution is 9.10. The quantitative estimate of drug-likeness (QED) is 0.259. The van der Waals surface area contributed by atoms with E-state index in [1.807, 2.05) is 30.3 Å². The minimum Gasteiger partial charge on any atom is -0.370 e. The van der Waals surface area contributed by atoms with Gasteiger partial charge in [0.1, 0.15) is 10.7 Å². The molecule has 7 nitrogen and oxygen atoms in total. The van der Waals surface area contributed by atoms with Crippen LogP contribution in [0.1, 0.15) is 12.8 Å². The first kappa shape index (κ1) is 25.8. The lowest BCUT2D eigenvalue weighted by atomic mass is 10.00. The van der Waals surface area contributed by atoms with Gasteiger partial charge >= 0.3 is 0 Å².